The first-order valence-electron chi connectivity index (χ1n) is 7.61. The molecule has 4 aromatic rings. The molecule has 0 aliphatic heterocycles. The Hall–Kier alpha value is -2.83. The third kappa shape index (κ3) is 3.35. The highest BCUT2D eigenvalue weighted by Crippen LogP contribution is 2.30. The van der Waals surface area contributed by atoms with Crippen LogP contribution in [0.15, 0.2) is 71.7 Å². The number of hydrogen-bond donors (Lipinski definition) is 1. The molecular weight excluding hydrogens is 350 g/mol. The summed E-state index contributed by atoms with van der Waals surface area (Å²) < 4.78 is 0. The summed E-state index contributed by atoms with van der Waals surface area (Å²) in [5.74, 6) is -0.138. The van der Waals surface area contributed by atoms with Gasteiger partial charge in [0.25, 0.3) is 5.91 Å². The first kappa shape index (κ1) is 15.7. The standard InChI is InChI=1S/C19H13N3OS2/c23-18(17-15(8-10-24-17)13-5-2-1-3-6-13)22-19-21-16(12-25-19)14-7-4-9-20-11-14/h1-12H,(H,21,22,23). The van der Waals surface area contributed by atoms with Crippen molar-refractivity contribution in [3.05, 3.63) is 76.6 Å². The third-order valence-electron chi connectivity index (χ3n) is 3.64. The summed E-state index contributed by atoms with van der Waals surface area (Å²) in [5, 5.41) is 7.33. The highest BCUT2D eigenvalue weighted by molar-refractivity contribution is 7.15. The van der Waals surface area contributed by atoms with Crippen molar-refractivity contribution in [3.63, 3.8) is 0 Å². The highest BCUT2D eigenvalue weighted by atomic mass is 32.1. The second-order valence-corrected chi connectivity index (χ2v) is 7.04. The molecule has 3 aromatic heterocycles. The lowest BCUT2D eigenvalue weighted by Gasteiger charge is -2.04. The molecule has 0 radical (unpaired) electrons. The van der Waals surface area contributed by atoms with Gasteiger partial charge in [-0.3, -0.25) is 15.1 Å². The summed E-state index contributed by atoms with van der Waals surface area (Å²) in [4.78, 5) is 21.9. The number of nitrogens with zero attached hydrogens (tertiary/aromatic N) is 2. The Morgan fingerprint density at radius 2 is 1.80 bits per heavy atom. The molecule has 1 aromatic carbocycles. The van der Waals surface area contributed by atoms with Crippen LogP contribution in [0.3, 0.4) is 0 Å². The second kappa shape index (κ2) is 6.96. The predicted molar refractivity (Wildman–Crippen MR) is 103 cm³/mol. The Morgan fingerprint density at radius 3 is 2.60 bits per heavy atom. The zero-order valence-corrected chi connectivity index (χ0v) is 14.7. The van der Waals surface area contributed by atoms with E-state index in [1.165, 1.54) is 22.7 Å². The minimum absolute atomic E-state index is 0.138. The van der Waals surface area contributed by atoms with Crippen LogP contribution in [0.25, 0.3) is 22.4 Å². The van der Waals surface area contributed by atoms with Crippen LogP contribution < -0.4 is 5.32 Å². The number of nitrogens with one attached hydrogen (secondary N) is 1. The molecule has 4 nitrogen and oxygen atoms in total. The Morgan fingerprint density at radius 1 is 0.960 bits per heavy atom. The van der Waals surface area contributed by atoms with E-state index in [-0.39, 0.29) is 5.91 Å². The van der Waals surface area contributed by atoms with Gasteiger partial charge in [0.05, 0.1) is 5.69 Å². The van der Waals surface area contributed by atoms with Gasteiger partial charge >= 0.3 is 0 Å². The third-order valence-corrected chi connectivity index (χ3v) is 5.31. The van der Waals surface area contributed by atoms with Crippen molar-refractivity contribution in [1.82, 2.24) is 9.97 Å². The van der Waals surface area contributed by atoms with Gasteiger partial charge in [-0.2, -0.15) is 0 Å². The number of anilines is 1. The fourth-order valence-corrected chi connectivity index (χ4v) is 3.99. The van der Waals surface area contributed by atoms with Gasteiger partial charge in [-0.15, -0.1) is 22.7 Å². The van der Waals surface area contributed by atoms with Crippen LogP contribution in [-0.2, 0) is 0 Å². The molecule has 1 N–H and O–H groups in total. The van der Waals surface area contributed by atoms with E-state index in [9.17, 15) is 4.79 Å². The molecule has 0 aliphatic carbocycles. The van der Waals surface area contributed by atoms with Gasteiger partial charge in [0, 0.05) is 28.9 Å². The van der Waals surface area contributed by atoms with E-state index in [0.717, 1.165) is 22.4 Å². The van der Waals surface area contributed by atoms with Crippen molar-refractivity contribution in [2.45, 2.75) is 0 Å². The molecule has 3 heterocycles. The van der Waals surface area contributed by atoms with Crippen molar-refractivity contribution in [1.29, 1.82) is 0 Å². The molecule has 0 fully saturated rings. The smallest absolute Gasteiger partial charge is 0.268 e. The molecule has 0 spiro atoms. The van der Waals surface area contributed by atoms with E-state index in [0.29, 0.717) is 10.0 Å². The SMILES string of the molecule is O=C(Nc1nc(-c2cccnc2)cs1)c1sccc1-c1ccccc1. The predicted octanol–water partition coefficient (Wildman–Crippen LogP) is 5.19. The summed E-state index contributed by atoms with van der Waals surface area (Å²) in [6.45, 7) is 0. The number of hydrogen-bond acceptors (Lipinski definition) is 5. The Bertz CT molecular complexity index is 994. The number of amides is 1. The molecule has 6 heteroatoms. The molecular formula is C19H13N3OS2. The number of pyridine rings is 1. The van der Waals surface area contributed by atoms with Crippen molar-refractivity contribution in [3.8, 4) is 22.4 Å². The molecule has 0 saturated carbocycles. The van der Waals surface area contributed by atoms with Crippen molar-refractivity contribution in [2.75, 3.05) is 5.32 Å². The van der Waals surface area contributed by atoms with Crippen LogP contribution in [0.5, 0.6) is 0 Å². The number of rotatable bonds is 4. The maximum absolute atomic E-state index is 12.7. The maximum atomic E-state index is 12.7. The van der Waals surface area contributed by atoms with Crippen LogP contribution >= 0.6 is 22.7 Å². The van der Waals surface area contributed by atoms with Crippen LogP contribution in [0.1, 0.15) is 9.67 Å². The normalized spacial score (nSPS) is 10.6. The largest absolute Gasteiger partial charge is 0.297 e. The second-order valence-electron chi connectivity index (χ2n) is 5.26. The van der Waals surface area contributed by atoms with E-state index < -0.39 is 0 Å². The topological polar surface area (TPSA) is 54.9 Å². The average molecular weight is 363 g/mol. The molecule has 25 heavy (non-hydrogen) atoms. The summed E-state index contributed by atoms with van der Waals surface area (Å²) in [6.07, 6.45) is 3.48. The first-order chi connectivity index (χ1) is 12.3. The fourth-order valence-electron chi connectivity index (χ4n) is 2.46. The summed E-state index contributed by atoms with van der Waals surface area (Å²) in [6, 6.07) is 15.7. The van der Waals surface area contributed by atoms with E-state index in [2.05, 4.69) is 15.3 Å². The molecule has 0 saturated heterocycles. The lowest BCUT2D eigenvalue weighted by Crippen LogP contribution is -2.11. The van der Waals surface area contributed by atoms with Gasteiger partial charge in [0.1, 0.15) is 4.88 Å². The van der Waals surface area contributed by atoms with Crippen molar-refractivity contribution < 1.29 is 4.79 Å². The van der Waals surface area contributed by atoms with Gasteiger partial charge in [0.15, 0.2) is 5.13 Å². The maximum Gasteiger partial charge on any atom is 0.268 e. The van der Waals surface area contributed by atoms with Gasteiger partial charge in [-0.25, -0.2) is 4.98 Å². The molecule has 122 valence electrons. The Labute approximate surface area is 152 Å². The lowest BCUT2D eigenvalue weighted by molar-refractivity contribution is 0.103. The molecule has 0 unspecified atom stereocenters. The Kier molecular flexibility index (Phi) is 4.37. The minimum Gasteiger partial charge on any atom is -0.297 e. The molecule has 4 rings (SSSR count). The molecule has 0 aliphatic rings. The first-order valence-corrected chi connectivity index (χ1v) is 9.37. The average Bonchev–Trinajstić information content (AvgIpc) is 3.33. The highest BCUT2D eigenvalue weighted by Gasteiger charge is 2.16. The van der Waals surface area contributed by atoms with Gasteiger partial charge in [0.2, 0.25) is 0 Å². The molecule has 0 bridgehead atoms. The summed E-state index contributed by atoms with van der Waals surface area (Å²) >= 11 is 2.84. The number of carbonyl (C=O) groups excluding carboxylic acids is 1. The summed E-state index contributed by atoms with van der Waals surface area (Å²) in [7, 11) is 0. The van der Waals surface area contributed by atoms with E-state index in [4.69, 9.17) is 0 Å². The van der Waals surface area contributed by atoms with Crippen LogP contribution in [0.4, 0.5) is 5.13 Å². The number of carbonyl (C=O) groups is 1. The molecule has 0 atom stereocenters. The zero-order valence-electron chi connectivity index (χ0n) is 13.0. The number of thiophene rings is 1. The number of benzene rings is 1. The lowest BCUT2D eigenvalue weighted by atomic mass is 10.1. The fraction of sp³-hybridized carbons (Fsp3) is 0. The van der Waals surface area contributed by atoms with E-state index >= 15 is 0 Å². The van der Waals surface area contributed by atoms with Gasteiger partial charge < -0.3 is 0 Å². The zero-order chi connectivity index (χ0) is 17.1. The summed E-state index contributed by atoms with van der Waals surface area (Å²) in [5.41, 5.74) is 3.71. The quantitative estimate of drug-likeness (QED) is 0.543. The van der Waals surface area contributed by atoms with Gasteiger partial charge in [-0.05, 0) is 29.1 Å². The monoisotopic (exact) mass is 363 g/mol. The van der Waals surface area contributed by atoms with Crippen molar-refractivity contribution in [2.24, 2.45) is 0 Å². The molecule has 1 amide bonds. The van der Waals surface area contributed by atoms with E-state index in [1.54, 1.807) is 12.4 Å². The van der Waals surface area contributed by atoms with Crippen molar-refractivity contribution >= 4 is 33.7 Å². The number of thiazole rings is 1. The van der Waals surface area contributed by atoms with Crippen LogP contribution in [-0.4, -0.2) is 15.9 Å². The van der Waals surface area contributed by atoms with Crippen LogP contribution in [0, 0.1) is 0 Å². The van der Waals surface area contributed by atoms with E-state index in [1.807, 2.05) is 59.3 Å². The Balaban J connectivity index is 1.56. The minimum atomic E-state index is -0.138. The van der Waals surface area contributed by atoms with Gasteiger partial charge in [-0.1, -0.05) is 30.3 Å². The van der Waals surface area contributed by atoms with Crippen LogP contribution in [0.2, 0.25) is 0 Å². The number of aromatic nitrogens is 2.